The maximum absolute atomic E-state index is 16.9. The molecule has 3 aromatic carbocycles. The number of hydrogen-bond donors (Lipinski definition) is 2. The monoisotopic (exact) mass is 613 g/mol. The van der Waals surface area contributed by atoms with Crippen LogP contribution in [-0.4, -0.2) is 76.1 Å². The first-order chi connectivity index (χ1) is 21.7. The Morgan fingerprint density at radius 1 is 1.20 bits per heavy atom. The van der Waals surface area contributed by atoms with E-state index in [4.69, 9.17) is 16.1 Å². The number of nitrogens with one attached hydrogen (secondary N) is 1. The second-order valence-corrected chi connectivity index (χ2v) is 13.4. The number of aromatic hydroxyl groups is 1. The van der Waals surface area contributed by atoms with Gasteiger partial charge in [0.1, 0.15) is 35.7 Å². The molecule has 10 heteroatoms. The standard InChI is InChI=1S/C35H34F3N5O2/c1-3-20-6-4-7-21-12-24(44)13-25(28(20)21)29-27(37)14-26-31(30(29)38)40-33(45-19-35-9-5-11-42(35)17-22(36)15-35)41-32(26)43-18-34(2)10-8-23(43)16-39-34/h1,4,6-7,12-14,22-23,39,44H,5,8-11,15-19H2,2H3/t22-,23+,34-,35?/m1/s1. The molecule has 0 radical (unpaired) electrons. The van der Waals surface area contributed by atoms with Crippen molar-refractivity contribution in [1.82, 2.24) is 20.2 Å². The summed E-state index contributed by atoms with van der Waals surface area (Å²) in [5.74, 6) is 1.16. The lowest BCUT2D eigenvalue weighted by molar-refractivity contribution is 0.107. The second-order valence-electron chi connectivity index (χ2n) is 13.4. The molecule has 1 unspecified atom stereocenters. The van der Waals surface area contributed by atoms with E-state index < -0.39 is 23.3 Å². The highest BCUT2D eigenvalue weighted by atomic mass is 19.1. The van der Waals surface area contributed by atoms with E-state index in [0.29, 0.717) is 41.7 Å². The van der Waals surface area contributed by atoms with E-state index >= 15 is 8.78 Å². The molecular weight excluding hydrogens is 579 g/mol. The number of terminal acetylenes is 1. The molecule has 7 nitrogen and oxygen atoms in total. The number of phenolic OH excluding ortho intramolecular Hbond substituents is 1. The molecule has 9 rings (SSSR count). The largest absolute Gasteiger partial charge is 0.508 e. The van der Waals surface area contributed by atoms with Gasteiger partial charge < -0.3 is 20.1 Å². The molecule has 5 aliphatic rings. The molecule has 0 amide bonds. The van der Waals surface area contributed by atoms with E-state index in [1.165, 1.54) is 18.2 Å². The highest BCUT2D eigenvalue weighted by Crippen LogP contribution is 2.44. The van der Waals surface area contributed by atoms with Crippen molar-refractivity contribution in [3.05, 3.63) is 53.6 Å². The summed E-state index contributed by atoms with van der Waals surface area (Å²) in [6.45, 7) is 4.85. The zero-order valence-corrected chi connectivity index (χ0v) is 25.0. The molecule has 2 N–H and O–H groups in total. The van der Waals surface area contributed by atoms with Crippen LogP contribution < -0.4 is 15.0 Å². The first kappa shape index (κ1) is 28.4. The fraction of sp³-hybridized carbons (Fsp3) is 0.429. The third-order valence-corrected chi connectivity index (χ3v) is 10.5. The number of piperazine rings is 1. The maximum Gasteiger partial charge on any atom is 0.319 e. The molecule has 0 spiro atoms. The molecule has 1 aromatic heterocycles. The summed E-state index contributed by atoms with van der Waals surface area (Å²) in [6.07, 6.45) is 8.89. The molecule has 4 aromatic rings. The van der Waals surface area contributed by atoms with Gasteiger partial charge >= 0.3 is 6.01 Å². The van der Waals surface area contributed by atoms with Crippen molar-refractivity contribution in [1.29, 1.82) is 0 Å². The SMILES string of the molecule is C#Cc1cccc2cc(O)cc(-c3c(F)cc4c(N5C[C@@]6(C)CC[C@H]5CN6)nc(OCC56CCCN5C[C@H](F)C6)nc4c3F)c12. The van der Waals surface area contributed by atoms with Crippen LogP contribution in [0.4, 0.5) is 19.0 Å². The van der Waals surface area contributed by atoms with Crippen LogP contribution in [-0.2, 0) is 0 Å². The second kappa shape index (κ2) is 10.2. The van der Waals surface area contributed by atoms with Gasteiger partial charge in [-0.25, -0.2) is 13.2 Å². The average Bonchev–Trinajstić information content (AvgIpc) is 3.55. The van der Waals surface area contributed by atoms with Crippen LogP contribution in [0.2, 0.25) is 0 Å². The van der Waals surface area contributed by atoms with Gasteiger partial charge in [-0.15, -0.1) is 6.42 Å². The van der Waals surface area contributed by atoms with E-state index in [2.05, 4.69) is 32.9 Å². The van der Waals surface area contributed by atoms with Gasteiger partial charge in [0.15, 0.2) is 5.82 Å². The summed E-state index contributed by atoms with van der Waals surface area (Å²) < 4.78 is 53.9. The van der Waals surface area contributed by atoms with Crippen molar-refractivity contribution in [2.75, 3.05) is 37.7 Å². The Balaban J connectivity index is 1.31. The van der Waals surface area contributed by atoms with E-state index in [0.717, 1.165) is 38.8 Å². The summed E-state index contributed by atoms with van der Waals surface area (Å²) in [7, 11) is 0. The number of benzene rings is 3. The number of hydrogen-bond acceptors (Lipinski definition) is 7. The number of anilines is 1. The van der Waals surface area contributed by atoms with Crippen molar-refractivity contribution in [3.8, 4) is 35.2 Å². The van der Waals surface area contributed by atoms with Crippen molar-refractivity contribution in [3.63, 3.8) is 0 Å². The van der Waals surface area contributed by atoms with Crippen LogP contribution in [0.3, 0.4) is 0 Å². The number of rotatable bonds is 5. The summed E-state index contributed by atoms with van der Waals surface area (Å²) >= 11 is 0. The Labute approximate surface area is 259 Å². The molecule has 232 valence electrons. The minimum Gasteiger partial charge on any atom is -0.508 e. The van der Waals surface area contributed by atoms with Gasteiger partial charge in [-0.05, 0) is 68.8 Å². The van der Waals surface area contributed by atoms with Gasteiger partial charge in [0, 0.05) is 59.5 Å². The first-order valence-corrected chi connectivity index (χ1v) is 15.6. The molecule has 45 heavy (non-hydrogen) atoms. The van der Waals surface area contributed by atoms with Crippen LogP contribution in [0, 0.1) is 24.0 Å². The number of phenols is 1. The quantitative estimate of drug-likeness (QED) is 0.280. The summed E-state index contributed by atoms with van der Waals surface area (Å²) in [6, 6.07) is 9.35. The van der Waals surface area contributed by atoms with Crippen molar-refractivity contribution in [2.45, 2.75) is 62.3 Å². The Morgan fingerprint density at radius 3 is 2.84 bits per heavy atom. The van der Waals surface area contributed by atoms with Gasteiger partial charge in [-0.1, -0.05) is 18.1 Å². The number of piperidine rings is 2. The molecule has 5 fully saturated rings. The molecule has 2 bridgehead atoms. The van der Waals surface area contributed by atoms with Crippen molar-refractivity contribution >= 4 is 27.5 Å². The molecule has 0 saturated carbocycles. The molecule has 5 saturated heterocycles. The number of nitrogens with zero attached hydrogens (tertiary/aromatic N) is 4. The summed E-state index contributed by atoms with van der Waals surface area (Å²) in [4.78, 5) is 13.6. The highest BCUT2D eigenvalue weighted by molar-refractivity contribution is 6.04. The Kier molecular flexibility index (Phi) is 6.45. The number of fused-ring (bicyclic) bond motifs is 6. The number of halogens is 3. The lowest BCUT2D eigenvalue weighted by atomic mass is 9.82. The van der Waals surface area contributed by atoms with E-state index in [1.54, 1.807) is 18.2 Å². The zero-order chi connectivity index (χ0) is 31.1. The van der Waals surface area contributed by atoms with Crippen LogP contribution in [0.5, 0.6) is 11.8 Å². The molecular formula is C35H34F3N5O2. The Hall–Kier alpha value is -4.07. The highest BCUT2D eigenvalue weighted by Gasteiger charge is 2.49. The predicted octanol–water partition coefficient (Wildman–Crippen LogP) is 5.70. The van der Waals surface area contributed by atoms with Crippen LogP contribution >= 0.6 is 0 Å². The molecule has 5 aliphatic heterocycles. The van der Waals surface area contributed by atoms with Gasteiger partial charge in [0.05, 0.1) is 11.1 Å². The van der Waals surface area contributed by atoms with Crippen molar-refractivity contribution < 1.29 is 23.0 Å². The lowest BCUT2D eigenvalue weighted by Crippen LogP contribution is -2.67. The van der Waals surface area contributed by atoms with Crippen LogP contribution in [0.1, 0.15) is 44.6 Å². The van der Waals surface area contributed by atoms with E-state index in [1.807, 2.05) is 0 Å². The summed E-state index contributed by atoms with van der Waals surface area (Å²) in [5.41, 5.74) is -0.463. The Bertz CT molecular complexity index is 1900. The van der Waals surface area contributed by atoms with E-state index in [-0.39, 0.29) is 52.0 Å². The lowest BCUT2D eigenvalue weighted by Gasteiger charge is -2.52. The smallest absolute Gasteiger partial charge is 0.319 e. The summed E-state index contributed by atoms with van der Waals surface area (Å²) in [5, 5.41) is 15.4. The maximum atomic E-state index is 16.9. The zero-order valence-electron chi connectivity index (χ0n) is 25.0. The average molecular weight is 614 g/mol. The molecule has 4 atom stereocenters. The molecule has 6 heterocycles. The number of alkyl halides is 1. The fourth-order valence-electron chi connectivity index (χ4n) is 8.26. The van der Waals surface area contributed by atoms with Gasteiger partial charge in [0.2, 0.25) is 0 Å². The van der Waals surface area contributed by atoms with Crippen molar-refractivity contribution in [2.24, 2.45) is 0 Å². The number of ether oxygens (including phenoxy) is 1. The third kappa shape index (κ3) is 4.50. The van der Waals surface area contributed by atoms with Gasteiger partial charge in [-0.2, -0.15) is 9.97 Å². The third-order valence-electron chi connectivity index (χ3n) is 10.5. The van der Waals surface area contributed by atoms with Gasteiger partial charge in [-0.3, -0.25) is 4.90 Å². The predicted molar refractivity (Wildman–Crippen MR) is 167 cm³/mol. The first-order valence-electron chi connectivity index (χ1n) is 15.6. The van der Waals surface area contributed by atoms with Crippen LogP contribution in [0.25, 0.3) is 32.8 Å². The van der Waals surface area contributed by atoms with Gasteiger partial charge in [0.25, 0.3) is 0 Å². The number of aromatic nitrogens is 2. The Morgan fingerprint density at radius 2 is 2.07 bits per heavy atom. The minimum absolute atomic E-state index is 0.0258. The van der Waals surface area contributed by atoms with Crippen LogP contribution in [0.15, 0.2) is 36.4 Å². The topological polar surface area (TPSA) is 73.8 Å². The molecule has 0 aliphatic carbocycles. The van der Waals surface area contributed by atoms with E-state index in [9.17, 15) is 9.50 Å². The minimum atomic E-state index is -0.924. The normalized spacial score (nSPS) is 27.8. The fourth-order valence-corrected chi connectivity index (χ4v) is 8.26.